The molecule has 1 fully saturated rings. The van der Waals surface area contributed by atoms with Crippen LogP contribution in [-0.2, 0) is 23.1 Å². The first-order valence-corrected chi connectivity index (χ1v) is 10.3. The molecule has 1 aliphatic heterocycles. The fourth-order valence-corrected chi connectivity index (χ4v) is 4.38. The topological polar surface area (TPSA) is 110 Å². The van der Waals surface area contributed by atoms with Crippen molar-refractivity contribution in [3.05, 3.63) is 45.3 Å². The second-order valence-corrected chi connectivity index (χ2v) is 7.91. The van der Waals surface area contributed by atoms with E-state index < -0.39 is 11.8 Å². The van der Waals surface area contributed by atoms with Gasteiger partial charge in [-0.25, -0.2) is 9.78 Å². The molecule has 30 heavy (non-hydrogen) atoms. The van der Waals surface area contributed by atoms with Crippen LogP contribution in [-0.4, -0.2) is 52.2 Å². The fourth-order valence-electron chi connectivity index (χ4n) is 3.37. The van der Waals surface area contributed by atoms with Crippen molar-refractivity contribution in [2.45, 2.75) is 13.5 Å². The third-order valence-electron chi connectivity index (χ3n) is 4.94. The number of para-hydroxylation sites is 2. The maximum absolute atomic E-state index is 12.5. The lowest BCUT2D eigenvalue weighted by Gasteiger charge is -2.25. The highest BCUT2D eigenvalue weighted by atomic mass is 32.1. The summed E-state index contributed by atoms with van der Waals surface area (Å²) in [6.45, 7) is 4.26. The number of hydrazine groups is 1. The number of imidazole rings is 1. The average molecular weight is 430 g/mol. The molecule has 158 valence electrons. The van der Waals surface area contributed by atoms with Gasteiger partial charge in [-0.15, -0.1) is 0 Å². The van der Waals surface area contributed by atoms with Crippen molar-refractivity contribution < 1.29 is 14.3 Å². The molecule has 2 aromatic heterocycles. The molecule has 11 heteroatoms. The first-order chi connectivity index (χ1) is 14.5. The summed E-state index contributed by atoms with van der Waals surface area (Å²) in [4.78, 5) is 44.3. The van der Waals surface area contributed by atoms with E-state index in [1.807, 2.05) is 12.1 Å². The number of carbonyl (C=O) groups is 2. The Labute approximate surface area is 176 Å². The van der Waals surface area contributed by atoms with E-state index in [9.17, 15) is 14.4 Å². The van der Waals surface area contributed by atoms with Crippen LogP contribution in [0.25, 0.3) is 11.0 Å². The highest BCUT2D eigenvalue weighted by molar-refractivity contribution is 7.17. The number of nitrogens with zero attached hydrogens (tertiary/aromatic N) is 4. The van der Waals surface area contributed by atoms with Crippen LogP contribution in [0, 0.1) is 6.92 Å². The fraction of sp³-hybridized carbons (Fsp3) is 0.368. The monoisotopic (exact) mass is 430 g/mol. The summed E-state index contributed by atoms with van der Waals surface area (Å²) >= 11 is 1.27. The number of ether oxygens (including phenoxy) is 1. The number of rotatable bonds is 4. The van der Waals surface area contributed by atoms with Gasteiger partial charge >= 0.3 is 5.69 Å². The molecule has 10 nitrogen and oxygen atoms in total. The lowest BCUT2D eigenvalue weighted by molar-refractivity contribution is -0.122. The van der Waals surface area contributed by atoms with Gasteiger partial charge in [-0.2, -0.15) is 0 Å². The lowest BCUT2D eigenvalue weighted by Crippen LogP contribution is -2.44. The number of hydrogen-bond donors (Lipinski definition) is 2. The number of thiazole rings is 1. The lowest BCUT2D eigenvalue weighted by atomic mass is 10.3. The van der Waals surface area contributed by atoms with E-state index in [1.165, 1.54) is 20.5 Å². The summed E-state index contributed by atoms with van der Waals surface area (Å²) in [5, 5.41) is 0.759. The first kappa shape index (κ1) is 20.1. The molecule has 2 amide bonds. The zero-order valence-corrected chi connectivity index (χ0v) is 17.5. The smallest absolute Gasteiger partial charge is 0.329 e. The Kier molecular flexibility index (Phi) is 5.55. The van der Waals surface area contributed by atoms with Gasteiger partial charge in [-0.3, -0.25) is 29.6 Å². The Balaban J connectivity index is 1.41. The number of nitrogens with one attached hydrogen (secondary N) is 2. The molecule has 4 rings (SSSR count). The van der Waals surface area contributed by atoms with E-state index >= 15 is 0 Å². The van der Waals surface area contributed by atoms with Crippen LogP contribution >= 0.6 is 11.3 Å². The number of aromatic nitrogens is 3. The van der Waals surface area contributed by atoms with Gasteiger partial charge < -0.3 is 9.64 Å². The normalized spacial score (nSPS) is 14.1. The Morgan fingerprint density at radius 3 is 2.60 bits per heavy atom. The number of morpholine rings is 1. The van der Waals surface area contributed by atoms with Crippen molar-refractivity contribution >= 4 is 39.3 Å². The van der Waals surface area contributed by atoms with Gasteiger partial charge in [-0.05, 0) is 19.1 Å². The molecule has 1 saturated heterocycles. The second kappa shape index (κ2) is 8.28. The summed E-state index contributed by atoms with van der Waals surface area (Å²) < 4.78 is 8.19. The summed E-state index contributed by atoms with van der Waals surface area (Å²) in [5.41, 5.74) is 6.48. The standard InChI is InChI=1S/C19H22N6O4S/c1-12-16(30-18(20-12)24-7-9-29-10-8-24)17(27)22-21-15(26)11-25-14-6-4-3-5-13(14)23(2)19(25)28/h3-6H,7-11H2,1-2H3,(H,21,26)(H,22,27). The summed E-state index contributed by atoms with van der Waals surface area (Å²) in [7, 11) is 1.65. The molecule has 0 unspecified atom stereocenters. The van der Waals surface area contributed by atoms with Gasteiger partial charge in [0.2, 0.25) is 0 Å². The van der Waals surface area contributed by atoms with Crippen LogP contribution in [0.4, 0.5) is 5.13 Å². The van der Waals surface area contributed by atoms with Crippen LogP contribution in [0.3, 0.4) is 0 Å². The SMILES string of the molecule is Cc1nc(N2CCOCC2)sc1C(=O)NNC(=O)Cn1c(=O)n(C)c2ccccc21. The van der Waals surface area contributed by atoms with Gasteiger partial charge in [0.25, 0.3) is 11.8 Å². The second-order valence-electron chi connectivity index (χ2n) is 6.93. The average Bonchev–Trinajstić information content (AvgIpc) is 3.27. The number of benzene rings is 1. The molecule has 3 heterocycles. The van der Waals surface area contributed by atoms with E-state index in [2.05, 4.69) is 20.7 Å². The summed E-state index contributed by atoms with van der Waals surface area (Å²) in [5.74, 6) is -0.944. The number of fused-ring (bicyclic) bond motifs is 1. The third-order valence-corrected chi connectivity index (χ3v) is 6.16. The highest BCUT2D eigenvalue weighted by Gasteiger charge is 2.21. The van der Waals surface area contributed by atoms with Gasteiger partial charge in [0, 0.05) is 20.1 Å². The minimum absolute atomic E-state index is 0.207. The zero-order valence-electron chi connectivity index (χ0n) is 16.7. The predicted octanol–water partition coefficient (Wildman–Crippen LogP) is 0.403. The Hall–Kier alpha value is -3.18. The van der Waals surface area contributed by atoms with Crippen molar-refractivity contribution in [3.63, 3.8) is 0 Å². The van der Waals surface area contributed by atoms with Crippen LogP contribution in [0.2, 0.25) is 0 Å². The first-order valence-electron chi connectivity index (χ1n) is 9.49. The minimum Gasteiger partial charge on any atom is -0.378 e. The molecular weight excluding hydrogens is 408 g/mol. The molecule has 1 aliphatic rings. The van der Waals surface area contributed by atoms with Crippen molar-refractivity contribution in [1.29, 1.82) is 0 Å². The van der Waals surface area contributed by atoms with Crippen molar-refractivity contribution in [1.82, 2.24) is 25.0 Å². The molecule has 0 bridgehead atoms. The molecule has 0 radical (unpaired) electrons. The maximum atomic E-state index is 12.5. The predicted molar refractivity (Wildman–Crippen MR) is 113 cm³/mol. The number of hydrogen-bond acceptors (Lipinski definition) is 7. The number of amides is 2. The molecule has 0 aliphatic carbocycles. The van der Waals surface area contributed by atoms with Crippen molar-refractivity contribution in [2.24, 2.45) is 7.05 Å². The van der Waals surface area contributed by atoms with Crippen LogP contribution in [0.15, 0.2) is 29.1 Å². The molecule has 0 atom stereocenters. The molecule has 0 spiro atoms. The molecule has 2 N–H and O–H groups in total. The van der Waals surface area contributed by atoms with Crippen molar-refractivity contribution in [2.75, 3.05) is 31.2 Å². The Bertz CT molecular complexity index is 1160. The number of carbonyl (C=O) groups excluding carboxylic acids is 2. The molecule has 1 aromatic carbocycles. The van der Waals surface area contributed by atoms with E-state index in [-0.39, 0.29) is 12.2 Å². The number of aryl methyl sites for hydroxylation is 2. The van der Waals surface area contributed by atoms with E-state index in [0.717, 1.165) is 23.7 Å². The highest BCUT2D eigenvalue weighted by Crippen LogP contribution is 2.26. The van der Waals surface area contributed by atoms with E-state index in [0.29, 0.717) is 29.3 Å². The van der Waals surface area contributed by atoms with Crippen LogP contribution < -0.4 is 21.4 Å². The van der Waals surface area contributed by atoms with Gasteiger partial charge in [0.1, 0.15) is 11.4 Å². The summed E-state index contributed by atoms with van der Waals surface area (Å²) in [6.07, 6.45) is 0. The zero-order chi connectivity index (χ0) is 21.3. The van der Waals surface area contributed by atoms with Crippen molar-refractivity contribution in [3.8, 4) is 0 Å². The summed E-state index contributed by atoms with van der Waals surface area (Å²) in [6, 6.07) is 7.22. The minimum atomic E-state index is -0.502. The van der Waals surface area contributed by atoms with Gasteiger partial charge in [0.15, 0.2) is 5.13 Å². The van der Waals surface area contributed by atoms with Crippen LogP contribution in [0.5, 0.6) is 0 Å². The van der Waals surface area contributed by atoms with Gasteiger partial charge in [-0.1, -0.05) is 23.5 Å². The van der Waals surface area contributed by atoms with Gasteiger partial charge in [0.05, 0.1) is 29.9 Å². The Morgan fingerprint density at radius 2 is 1.87 bits per heavy atom. The maximum Gasteiger partial charge on any atom is 0.329 e. The van der Waals surface area contributed by atoms with E-state index in [4.69, 9.17) is 4.74 Å². The third kappa shape index (κ3) is 3.81. The quantitative estimate of drug-likeness (QED) is 0.580. The molecule has 3 aromatic rings. The molecular formula is C19H22N6O4S. The number of anilines is 1. The Morgan fingerprint density at radius 1 is 1.17 bits per heavy atom. The van der Waals surface area contributed by atoms with Crippen LogP contribution in [0.1, 0.15) is 15.4 Å². The van der Waals surface area contributed by atoms with E-state index in [1.54, 1.807) is 26.1 Å². The molecule has 0 saturated carbocycles. The largest absolute Gasteiger partial charge is 0.378 e.